The highest BCUT2D eigenvalue weighted by Gasteiger charge is 2.44. The summed E-state index contributed by atoms with van der Waals surface area (Å²) >= 11 is 6.11. The number of carbonyl (C=O) groups is 1. The van der Waals surface area contributed by atoms with Crippen LogP contribution in [0.1, 0.15) is 53.1 Å². The fraction of sp³-hybridized carbons (Fsp3) is 0.280. The van der Waals surface area contributed by atoms with E-state index in [4.69, 9.17) is 16.3 Å². The summed E-state index contributed by atoms with van der Waals surface area (Å²) in [6.07, 6.45) is 6.72. The molecule has 3 aromatic rings. The summed E-state index contributed by atoms with van der Waals surface area (Å²) in [4.78, 5) is 17.3. The van der Waals surface area contributed by atoms with Crippen molar-refractivity contribution in [2.24, 2.45) is 0 Å². The van der Waals surface area contributed by atoms with Crippen molar-refractivity contribution in [1.29, 1.82) is 0 Å². The summed E-state index contributed by atoms with van der Waals surface area (Å²) in [5.74, 6) is 1.58. The van der Waals surface area contributed by atoms with Gasteiger partial charge in [-0.25, -0.2) is 4.98 Å². The van der Waals surface area contributed by atoms with E-state index >= 15 is 0 Å². The summed E-state index contributed by atoms with van der Waals surface area (Å²) in [5, 5.41) is 3.49. The Morgan fingerprint density at radius 3 is 2.63 bits per heavy atom. The molecule has 0 radical (unpaired) electrons. The van der Waals surface area contributed by atoms with Crippen molar-refractivity contribution in [3.8, 4) is 11.5 Å². The van der Waals surface area contributed by atoms with E-state index < -0.39 is 0 Å². The highest BCUT2D eigenvalue weighted by atomic mass is 35.5. The van der Waals surface area contributed by atoms with Crippen LogP contribution in [-0.4, -0.2) is 16.4 Å². The summed E-state index contributed by atoms with van der Waals surface area (Å²) in [5.41, 5.74) is 2.71. The summed E-state index contributed by atoms with van der Waals surface area (Å²) < 4.78 is 6.08. The maximum Gasteiger partial charge on any atom is 0.255 e. The number of hydrogen-bond donors (Lipinski definition) is 1. The van der Waals surface area contributed by atoms with E-state index in [1.807, 2.05) is 36.4 Å². The van der Waals surface area contributed by atoms with Crippen molar-refractivity contribution in [1.82, 2.24) is 10.3 Å². The topological polar surface area (TPSA) is 51.2 Å². The molecule has 5 rings (SSSR count). The Balaban J connectivity index is 1.35. The van der Waals surface area contributed by atoms with Crippen LogP contribution >= 0.6 is 11.6 Å². The number of aromatic nitrogens is 1. The first-order valence-electron chi connectivity index (χ1n) is 10.4. The van der Waals surface area contributed by atoms with Crippen LogP contribution in [0.2, 0.25) is 5.15 Å². The van der Waals surface area contributed by atoms with Crippen molar-refractivity contribution < 1.29 is 9.53 Å². The quantitative estimate of drug-likeness (QED) is 0.485. The van der Waals surface area contributed by atoms with Crippen molar-refractivity contribution in [2.45, 2.75) is 43.6 Å². The molecule has 2 aliphatic carbocycles. The number of benzene rings is 2. The number of rotatable bonds is 7. The van der Waals surface area contributed by atoms with E-state index in [2.05, 4.69) is 28.5 Å². The Bertz CT molecular complexity index is 1080. The Kier molecular flexibility index (Phi) is 4.95. The van der Waals surface area contributed by atoms with Crippen LogP contribution in [-0.2, 0) is 6.42 Å². The average Bonchev–Trinajstić information content (AvgIpc) is 3.67. The molecule has 2 fully saturated rings. The molecule has 2 aliphatic rings. The SMILES string of the molecule is O=C(NC1(Cc2ccccc2)CC1)c1cc(Cl)ncc1Oc1cccc(C2CC2)c1. The fourth-order valence-corrected chi connectivity index (χ4v) is 4.00. The minimum atomic E-state index is -0.197. The van der Waals surface area contributed by atoms with Gasteiger partial charge in [-0.1, -0.05) is 54.1 Å². The van der Waals surface area contributed by atoms with E-state index in [0.717, 1.165) is 19.3 Å². The number of ether oxygens (including phenoxy) is 1. The van der Waals surface area contributed by atoms with E-state index in [-0.39, 0.29) is 16.6 Å². The molecule has 0 aliphatic heterocycles. The van der Waals surface area contributed by atoms with Gasteiger partial charge >= 0.3 is 0 Å². The monoisotopic (exact) mass is 418 g/mol. The molecular formula is C25H23ClN2O2. The van der Waals surface area contributed by atoms with Crippen LogP contribution in [0.3, 0.4) is 0 Å². The predicted molar refractivity (Wildman–Crippen MR) is 117 cm³/mol. The molecule has 5 heteroatoms. The smallest absolute Gasteiger partial charge is 0.255 e. The second-order valence-electron chi connectivity index (χ2n) is 8.35. The van der Waals surface area contributed by atoms with E-state index in [0.29, 0.717) is 23.0 Å². The van der Waals surface area contributed by atoms with Gasteiger partial charge < -0.3 is 10.1 Å². The zero-order chi connectivity index (χ0) is 20.6. The maximum absolute atomic E-state index is 13.2. The standard InChI is InChI=1S/C25H23ClN2O2/c26-23-14-21(24(29)28-25(11-12-25)15-17-5-2-1-3-6-17)22(16-27-23)30-20-8-4-7-19(13-20)18-9-10-18/h1-8,13-14,16,18H,9-12,15H2,(H,28,29). The van der Waals surface area contributed by atoms with Crippen LogP contribution in [0.25, 0.3) is 0 Å². The molecular weight excluding hydrogens is 396 g/mol. The molecule has 2 aromatic carbocycles. The fourth-order valence-electron chi connectivity index (χ4n) is 3.84. The second kappa shape index (κ2) is 7.77. The molecule has 0 atom stereocenters. The van der Waals surface area contributed by atoms with Gasteiger partial charge in [0.05, 0.1) is 11.8 Å². The first kappa shape index (κ1) is 19.1. The number of nitrogens with zero attached hydrogens (tertiary/aromatic N) is 1. The van der Waals surface area contributed by atoms with Gasteiger partial charge in [0.1, 0.15) is 10.9 Å². The number of nitrogens with one attached hydrogen (secondary N) is 1. The molecule has 0 bridgehead atoms. The highest BCUT2D eigenvalue weighted by Crippen LogP contribution is 2.42. The van der Waals surface area contributed by atoms with E-state index in [1.54, 1.807) is 6.07 Å². The van der Waals surface area contributed by atoms with Gasteiger partial charge in [0.15, 0.2) is 5.75 Å². The number of halogens is 1. The van der Waals surface area contributed by atoms with Crippen molar-refractivity contribution in [3.05, 3.63) is 88.7 Å². The zero-order valence-corrected chi connectivity index (χ0v) is 17.4. The normalized spacial score (nSPS) is 16.7. The molecule has 1 heterocycles. The number of pyridine rings is 1. The molecule has 0 unspecified atom stereocenters. The van der Waals surface area contributed by atoms with Gasteiger partial charge in [-0.05, 0) is 67.3 Å². The third-order valence-electron chi connectivity index (χ3n) is 5.83. The van der Waals surface area contributed by atoms with Gasteiger partial charge in [0.25, 0.3) is 5.91 Å². The third-order valence-corrected chi connectivity index (χ3v) is 6.04. The lowest BCUT2D eigenvalue weighted by molar-refractivity contribution is 0.0929. The summed E-state index contributed by atoms with van der Waals surface area (Å²) in [6, 6.07) is 19.9. The first-order valence-corrected chi connectivity index (χ1v) is 10.8. The lowest BCUT2D eigenvalue weighted by Gasteiger charge is -2.19. The van der Waals surface area contributed by atoms with Crippen molar-refractivity contribution >= 4 is 17.5 Å². The number of amides is 1. The minimum absolute atomic E-state index is 0.180. The minimum Gasteiger partial charge on any atom is -0.455 e. The maximum atomic E-state index is 13.2. The molecule has 0 spiro atoms. The third kappa shape index (κ3) is 4.34. The Morgan fingerprint density at radius 2 is 1.90 bits per heavy atom. The Labute approximate surface area is 181 Å². The zero-order valence-electron chi connectivity index (χ0n) is 16.6. The molecule has 1 N–H and O–H groups in total. The average molecular weight is 419 g/mol. The highest BCUT2D eigenvalue weighted by molar-refractivity contribution is 6.29. The molecule has 1 aromatic heterocycles. The van der Waals surface area contributed by atoms with Crippen LogP contribution in [0.4, 0.5) is 0 Å². The number of hydrogen-bond acceptors (Lipinski definition) is 3. The largest absolute Gasteiger partial charge is 0.455 e. The lowest BCUT2D eigenvalue weighted by Crippen LogP contribution is -2.38. The van der Waals surface area contributed by atoms with Crippen LogP contribution in [0.15, 0.2) is 66.9 Å². The molecule has 2 saturated carbocycles. The summed E-state index contributed by atoms with van der Waals surface area (Å²) in [7, 11) is 0. The van der Waals surface area contributed by atoms with Crippen LogP contribution in [0.5, 0.6) is 11.5 Å². The van der Waals surface area contributed by atoms with E-state index in [1.165, 1.54) is 30.2 Å². The van der Waals surface area contributed by atoms with Crippen LogP contribution in [0, 0.1) is 0 Å². The van der Waals surface area contributed by atoms with Gasteiger partial charge in [-0.15, -0.1) is 0 Å². The van der Waals surface area contributed by atoms with Gasteiger partial charge in [0.2, 0.25) is 0 Å². The first-order chi connectivity index (χ1) is 14.6. The Morgan fingerprint density at radius 1 is 1.10 bits per heavy atom. The van der Waals surface area contributed by atoms with Gasteiger partial charge in [-0.3, -0.25) is 4.79 Å². The van der Waals surface area contributed by atoms with Crippen molar-refractivity contribution in [2.75, 3.05) is 0 Å². The van der Waals surface area contributed by atoms with Crippen LogP contribution < -0.4 is 10.1 Å². The predicted octanol–water partition coefficient (Wildman–Crippen LogP) is 5.91. The van der Waals surface area contributed by atoms with Crippen molar-refractivity contribution in [3.63, 3.8) is 0 Å². The van der Waals surface area contributed by atoms with E-state index in [9.17, 15) is 4.79 Å². The van der Waals surface area contributed by atoms with Gasteiger partial charge in [-0.2, -0.15) is 0 Å². The summed E-state index contributed by atoms with van der Waals surface area (Å²) in [6.45, 7) is 0. The lowest BCUT2D eigenvalue weighted by atomic mass is 10.0. The second-order valence-corrected chi connectivity index (χ2v) is 8.74. The Hall–Kier alpha value is -2.85. The number of carbonyl (C=O) groups excluding carboxylic acids is 1. The molecule has 0 saturated heterocycles. The molecule has 1 amide bonds. The molecule has 4 nitrogen and oxygen atoms in total. The molecule has 152 valence electrons. The van der Waals surface area contributed by atoms with Gasteiger partial charge in [0, 0.05) is 5.54 Å². The molecule has 30 heavy (non-hydrogen) atoms.